The molecule has 2 aromatic rings. The molecule has 0 radical (unpaired) electrons. The number of carbonyl (C=O) groups excluding carboxylic acids is 2. The van der Waals surface area contributed by atoms with Crippen LogP contribution in [-0.4, -0.2) is 25.1 Å². The number of hydrogen-bond acceptors (Lipinski definition) is 4. The maximum atomic E-state index is 13.7. The molecule has 0 saturated carbocycles. The normalized spacial score (nSPS) is 11.6. The number of halogens is 2. The first-order valence-electron chi connectivity index (χ1n) is 8.36. The van der Waals surface area contributed by atoms with E-state index in [1.54, 1.807) is 13.0 Å². The van der Waals surface area contributed by atoms with Gasteiger partial charge in [-0.15, -0.1) is 0 Å². The number of nitrogens with one attached hydrogen (secondary N) is 1. The smallest absolute Gasteiger partial charge is 0.344 e. The van der Waals surface area contributed by atoms with Crippen molar-refractivity contribution in [1.29, 1.82) is 0 Å². The maximum absolute atomic E-state index is 13.7. The van der Waals surface area contributed by atoms with Crippen LogP contribution in [0.25, 0.3) is 0 Å². The second-order valence-electron chi connectivity index (χ2n) is 6.17. The number of ether oxygens (including phenoxy) is 2. The Balaban J connectivity index is 1.78. The molecule has 0 saturated heterocycles. The van der Waals surface area contributed by atoms with Gasteiger partial charge >= 0.3 is 5.97 Å². The van der Waals surface area contributed by atoms with Crippen molar-refractivity contribution in [3.63, 3.8) is 0 Å². The Morgan fingerprint density at radius 2 is 1.81 bits per heavy atom. The second kappa shape index (κ2) is 9.12. The minimum atomic E-state index is -0.762. The third-order valence-electron chi connectivity index (χ3n) is 3.85. The van der Waals surface area contributed by atoms with E-state index in [9.17, 15) is 18.4 Å². The molecule has 0 aliphatic rings. The summed E-state index contributed by atoms with van der Waals surface area (Å²) in [6, 6.07) is 7.92. The van der Waals surface area contributed by atoms with Gasteiger partial charge < -0.3 is 14.8 Å². The van der Waals surface area contributed by atoms with E-state index in [2.05, 4.69) is 5.32 Å². The SMILES string of the molecule is Cc1ccc(OCC(=O)OCC(=O)N[C@H](C)c2ccc(F)cc2F)c(C)c1. The topological polar surface area (TPSA) is 64.6 Å². The minimum absolute atomic E-state index is 0.134. The predicted octanol–water partition coefficient (Wildman–Crippen LogP) is 3.38. The van der Waals surface area contributed by atoms with Gasteiger partial charge in [-0.05, 0) is 38.5 Å². The molecule has 144 valence electrons. The van der Waals surface area contributed by atoms with Crippen molar-refractivity contribution in [1.82, 2.24) is 5.32 Å². The van der Waals surface area contributed by atoms with Crippen LogP contribution in [-0.2, 0) is 14.3 Å². The number of amides is 1. The first kappa shape index (κ1) is 20.4. The summed E-state index contributed by atoms with van der Waals surface area (Å²) in [5, 5.41) is 2.48. The van der Waals surface area contributed by atoms with Crippen LogP contribution in [0.15, 0.2) is 36.4 Å². The van der Waals surface area contributed by atoms with E-state index in [-0.39, 0.29) is 12.2 Å². The highest BCUT2D eigenvalue weighted by Gasteiger charge is 2.16. The van der Waals surface area contributed by atoms with Crippen LogP contribution >= 0.6 is 0 Å². The zero-order chi connectivity index (χ0) is 20.0. The maximum Gasteiger partial charge on any atom is 0.344 e. The van der Waals surface area contributed by atoms with Crippen LogP contribution < -0.4 is 10.1 Å². The fourth-order valence-corrected chi connectivity index (χ4v) is 2.50. The standard InChI is InChI=1S/C20H21F2NO4/c1-12-4-7-18(13(2)8-12)26-11-20(25)27-10-19(24)23-14(3)16-6-5-15(21)9-17(16)22/h4-9,14H,10-11H2,1-3H3,(H,23,24)/t14-/m1/s1. The molecule has 0 fully saturated rings. The van der Waals surface area contributed by atoms with Gasteiger partial charge in [0.1, 0.15) is 17.4 Å². The Kier molecular flexibility index (Phi) is 6.87. The summed E-state index contributed by atoms with van der Waals surface area (Å²) in [5.41, 5.74) is 2.09. The highest BCUT2D eigenvalue weighted by Crippen LogP contribution is 2.19. The lowest BCUT2D eigenvalue weighted by Crippen LogP contribution is -2.32. The Labute approximate surface area is 156 Å². The summed E-state index contributed by atoms with van der Waals surface area (Å²) in [5.74, 6) is -2.21. The summed E-state index contributed by atoms with van der Waals surface area (Å²) in [7, 11) is 0. The molecule has 2 aromatic carbocycles. The van der Waals surface area contributed by atoms with E-state index in [4.69, 9.17) is 9.47 Å². The number of rotatable bonds is 7. The van der Waals surface area contributed by atoms with Crippen LogP contribution in [0.1, 0.15) is 29.7 Å². The Morgan fingerprint density at radius 1 is 1.07 bits per heavy atom. The van der Waals surface area contributed by atoms with E-state index < -0.39 is 36.2 Å². The number of aryl methyl sites for hydroxylation is 2. The van der Waals surface area contributed by atoms with Gasteiger partial charge in [-0.3, -0.25) is 4.79 Å². The molecule has 27 heavy (non-hydrogen) atoms. The molecule has 1 amide bonds. The van der Waals surface area contributed by atoms with Crippen LogP contribution in [0.4, 0.5) is 8.78 Å². The van der Waals surface area contributed by atoms with Crippen LogP contribution in [0.5, 0.6) is 5.75 Å². The fourth-order valence-electron chi connectivity index (χ4n) is 2.50. The monoisotopic (exact) mass is 377 g/mol. The van der Waals surface area contributed by atoms with E-state index in [1.165, 1.54) is 6.07 Å². The molecule has 0 aromatic heterocycles. The summed E-state index contributed by atoms with van der Waals surface area (Å²) >= 11 is 0. The molecule has 2 rings (SSSR count). The Morgan fingerprint density at radius 3 is 2.48 bits per heavy atom. The molecule has 1 N–H and O–H groups in total. The molecular formula is C20H21F2NO4. The van der Waals surface area contributed by atoms with Gasteiger partial charge in [0.15, 0.2) is 13.2 Å². The molecule has 0 bridgehead atoms. The molecule has 0 aliphatic heterocycles. The van der Waals surface area contributed by atoms with Gasteiger partial charge in [0.05, 0.1) is 6.04 Å². The molecule has 5 nitrogen and oxygen atoms in total. The van der Waals surface area contributed by atoms with E-state index in [1.807, 2.05) is 26.0 Å². The highest BCUT2D eigenvalue weighted by atomic mass is 19.1. The number of hydrogen-bond donors (Lipinski definition) is 1. The van der Waals surface area contributed by atoms with Gasteiger partial charge in [0.2, 0.25) is 0 Å². The molecule has 0 heterocycles. The van der Waals surface area contributed by atoms with Crippen LogP contribution in [0.3, 0.4) is 0 Å². The van der Waals surface area contributed by atoms with Gasteiger partial charge in [-0.1, -0.05) is 23.8 Å². The summed E-state index contributed by atoms with van der Waals surface area (Å²) in [6.45, 7) is 4.49. The van der Waals surface area contributed by atoms with Crippen molar-refractivity contribution in [2.75, 3.05) is 13.2 Å². The second-order valence-corrected chi connectivity index (χ2v) is 6.17. The number of esters is 1. The summed E-state index contributed by atoms with van der Waals surface area (Å²) < 4.78 is 36.8. The first-order chi connectivity index (χ1) is 12.8. The quantitative estimate of drug-likeness (QED) is 0.752. The van der Waals surface area contributed by atoms with Crippen molar-refractivity contribution in [2.24, 2.45) is 0 Å². The Bertz CT molecular complexity index is 839. The van der Waals surface area contributed by atoms with Gasteiger partial charge in [-0.2, -0.15) is 0 Å². The van der Waals surface area contributed by atoms with Gasteiger partial charge in [0, 0.05) is 11.6 Å². The predicted molar refractivity (Wildman–Crippen MR) is 95.3 cm³/mol. The summed E-state index contributed by atoms with van der Waals surface area (Å²) in [4.78, 5) is 23.6. The largest absolute Gasteiger partial charge is 0.482 e. The van der Waals surface area contributed by atoms with E-state index in [0.29, 0.717) is 5.75 Å². The van der Waals surface area contributed by atoms with Crippen LogP contribution in [0.2, 0.25) is 0 Å². The molecular weight excluding hydrogens is 356 g/mol. The molecule has 1 atom stereocenters. The van der Waals surface area contributed by atoms with Crippen molar-refractivity contribution in [3.05, 3.63) is 64.7 Å². The molecule has 7 heteroatoms. The van der Waals surface area contributed by atoms with Gasteiger partial charge in [0.25, 0.3) is 5.91 Å². The lowest BCUT2D eigenvalue weighted by Gasteiger charge is -2.15. The van der Waals surface area contributed by atoms with Crippen molar-refractivity contribution < 1.29 is 27.8 Å². The number of benzene rings is 2. The first-order valence-corrected chi connectivity index (χ1v) is 8.36. The minimum Gasteiger partial charge on any atom is -0.482 e. The average molecular weight is 377 g/mol. The number of carbonyl (C=O) groups is 2. The average Bonchev–Trinajstić information content (AvgIpc) is 2.59. The Hall–Kier alpha value is -2.96. The zero-order valence-electron chi connectivity index (χ0n) is 15.3. The van der Waals surface area contributed by atoms with E-state index in [0.717, 1.165) is 23.3 Å². The lowest BCUT2D eigenvalue weighted by molar-refractivity contribution is -0.150. The van der Waals surface area contributed by atoms with Crippen LogP contribution in [0, 0.1) is 25.5 Å². The highest BCUT2D eigenvalue weighted by molar-refractivity contribution is 5.81. The molecule has 0 aliphatic carbocycles. The van der Waals surface area contributed by atoms with Gasteiger partial charge in [-0.25, -0.2) is 13.6 Å². The van der Waals surface area contributed by atoms with Crippen molar-refractivity contribution in [2.45, 2.75) is 26.8 Å². The summed E-state index contributed by atoms with van der Waals surface area (Å²) in [6.07, 6.45) is 0. The van der Waals surface area contributed by atoms with Crippen molar-refractivity contribution >= 4 is 11.9 Å². The third kappa shape index (κ3) is 6.06. The molecule has 0 unspecified atom stereocenters. The van der Waals surface area contributed by atoms with Crippen molar-refractivity contribution in [3.8, 4) is 5.75 Å². The third-order valence-corrected chi connectivity index (χ3v) is 3.85. The lowest BCUT2D eigenvalue weighted by atomic mass is 10.1. The van der Waals surface area contributed by atoms with E-state index >= 15 is 0 Å². The fraction of sp³-hybridized carbons (Fsp3) is 0.300. The zero-order valence-corrected chi connectivity index (χ0v) is 15.3. The molecule has 0 spiro atoms.